The number of H-pyrrole nitrogens is 1. The van der Waals surface area contributed by atoms with Crippen LogP contribution < -0.4 is 0 Å². The molecule has 0 spiro atoms. The van der Waals surface area contributed by atoms with Crippen molar-refractivity contribution in [3.8, 4) is 0 Å². The number of hydrogen-bond donors (Lipinski definition) is 1. The smallest absolute Gasteiger partial charge is 0.239 e. The number of rotatable bonds is 3. The summed E-state index contributed by atoms with van der Waals surface area (Å²) in [4.78, 5) is 17.4. The first-order valence-electron chi connectivity index (χ1n) is 8.97. The fourth-order valence-corrected chi connectivity index (χ4v) is 4.31. The van der Waals surface area contributed by atoms with E-state index in [9.17, 15) is 4.79 Å². The number of aryl methyl sites for hydroxylation is 1. The van der Waals surface area contributed by atoms with Crippen LogP contribution in [0.4, 0.5) is 0 Å². The number of nitrogens with one attached hydrogen (secondary N) is 1. The molecule has 2 aliphatic rings. The summed E-state index contributed by atoms with van der Waals surface area (Å²) in [5.41, 5.74) is 2.59. The molecular weight excluding hydrogens is 288 g/mol. The molecule has 1 aromatic rings. The molecular formula is C18H30N4O. The van der Waals surface area contributed by atoms with E-state index in [1.54, 1.807) is 0 Å². The predicted molar refractivity (Wildman–Crippen MR) is 91.4 cm³/mol. The molecule has 2 fully saturated rings. The molecule has 3 rings (SSSR count). The first-order valence-corrected chi connectivity index (χ1v) is 8.97. The average Bonchev–Trinajstić information content (AvgIpc) is 3.16. The van der Waals surface area contributed by atoms with Crippen LogP contribution in [0.15, 0.2) is 6.20 Å². The predicted octanol–water partition coefficient (Wildman–Crippen LogP) is 2.47. The third kappa shape index (κ3) is 3.03. The number of aromatic nitrogens is 2. The Hall–Kier alpha value is -1.36. The molecule has 0 aromatic carbocycles. The second kappa shape index (κ2) is 6.27. The number of hydrogen-bond acceptors (Lipinski definition) is 3. The van der Waals surface area contributed by atoms with Crippen LogP contribution in [0.5, 0.6) is 0 Å². The van der Waals surface area contributed by atoms with Crippen LogP contribution in [0.2, 0.25) is 0 Å². The molecule has 2 saturated heterocycles. The van der Waals surface area contributed by atoms with E-state index < -0.39 is 0 Å². The molecule has 1 amide bonds. The number of aromatic amines is 1. The van der Waals surface area contributed by atoms with Gasteiger partial charge < -0.3 is 4.90 Å². The van der Waals surface area contributed by atoms with Gasteiger partial charge in [-0.05, 0) is 58.6 Å². The van der Waals surface area contributed by atoms with Crippen molar-refractivity contribution in [1.82, 2.24) is 20.0 Å². The van der Waals surface area contributed by atoms with E-state index in [4.69, 9.17) is 0 Å². The molecule has 1 atom stereocenters. The minimum Gasteiger partial charge on any atom is -0.341 e. The minimum atomic E-state index is 0.105. The molecule has 2 aliphatic heterocycles. The third-order valence-corrected chi connectivity index (χ3v) is 5.85. The van der Waals surface area contributed by atoms with E-state index >= 15 is 0 Å². The van der Waals surface area contributed by atoms with E-state index in [1.165, 1.54) is 11.3 Å². The lowest BCUT2D eigenvalue weighted by molar-refractivity contribution is -0.138. The van der Waals surface area contributed by atoms with Gasteiger partial charge in [0.05, 0.1) is 12.2 Å². The number of carbonyl (C=O) groups excluding carboxylic acids is 1. The zero-order chi connectivity index (χ0) is 16.6. The topological polar surface area (TPSA) is 52.2 Å². The standard InChI is InChI=1S/C18H30N4O/c1-13(2)22-9-5-6-15(22)17(23)21-10-7-18(4,8-11-21)16-14(3)12-19-20-16/h12-13,15H,5-11H2,1-4H3,(H,19,20)/t15-/m1/s1. The highest BCUT2D eigenvalue weighted by atomic mass is 16.2. The largest absolute Gasteiger partial charge is 0.341 e. The maximum absolute atomic E-state index is 12.9. The molecule has 0 saturated carbocycles. The average molecular weight is 318 g/mol. The lowest BCUT2D eigenvalue weighted by atomic mass is 9.76. The lowest BCUT2D eigenvalue weighted by Crippen LogP contribution is -2.52. The zero-order valence-corrected chi connectivity index (χ0v) is 14.9. The zero-order valence-electron chi connectivity index (χ0n) is 14.9. The van der Waals surface area contributed by atoms with Crippen LogP contribution in [-0.4, -0.2) is 57.6 Å². The van der Waals surface area contributed by atoms with Gasteiger partial charge in [0, 0.05) is 30.2 Å². The van der Waals surface area contributed by atoms with Crippen LogP contribution in [-0.2, 0) is 10.2 Å². The molecule has 1 N–H and O–H groups in total. The van der Waals surface area contributed by atoms with Crippen LogP contribution in [0.1, 0.15) is 57.7 Å². The van der Waals surface area contributed by atoms with Gasteiger partial charge in [0.2, 0.25) is 5.91 Å². The summed E-state index contributed by atoms with van der Waals surface area (Å²) in [6, 6.07) is 0.558. The second-order valence-electron chi connectivity index (χ2n) is 7.80. The maximum atomic E-state index is 12.9. The van der Waals surface area contributed by atoms with Crippen LogP contribution in [0, 0.1) is 6.92 Å². The fraction of sp³-hybridized carbons (Fsp3) is 0.778. The SMILES string of the molecule is Cc1cn[nH]c1C1(C)CCN(C(=O)[C@H]2CCCN2C(C)C)CC1. The maximum Gasteiger partial charge on any atom is 0.239 e. The Balaban J connectivity index is 1.65. The number of amides is 1. The Morgan fingerprint density at radius 2 is 2.04 bits per heavy atom. The van der Waals surface area contributed by atoms with E-state index in [1.807, 2.05) is 6.20 Å². The van der Waals surface area contributed by atoms with Gasteiger partial charge in [-0.15, -0.1) is 0 Å². The van der Waals surface area contributed by atoms with Crippen molar-refractivity contribution in [2.24, 2.45) is 0 Å². The highest BCUT2D eigenvalue weighted by Gasteiger charge is 2.39. The van der Waals surface area contributed by atoms with Crippen molar-refractivity contribution in [2.45, 2.75) is 70.9 Å². The lowest BCUT2D eigenvalue weighted by Gasteiger charge is -2.41. The molecule has 0 bridgehead atoms. The van der Waals surface area contributed by atoms with Crippen molar-refractivity contribution in [3.63, 3.8) is 0 Å². The summed E-state index contributed by atoms with van der Waals surface area (Å²) in [6.45, 7) is 11.6. The van der Waals surface area contributed by atoms with Crippen molar-refractivity contribution >= 4 is 5.91 Å². The minimum absolute atomic E-state index is 0.105. The number of nitrogens with zero attached hydrogens (tertiary/aromatic N) is 3. The van der Waals surface area contributed by atoms with Gasteiger partial charge in [0.25, 0.3) is 0 Å². The van der Waals surface area contributed by atoms with Gasteiger partial charge in [-0.2, -0.15) is 5.10 Å². The first kappa shape index (κ1) is 16.5. The molecule has 0 aliphatic carbocycles. The van der Waals surface area contributed by atoms with E-state index in [0.717, 1.165) is 45.3 Å². The quantitative estimate of drug-likeness (QED) is 0.931. The highest BCUT2D eigenvalue weighted by molar-refractivity contribution is 5.82. The summed E-state index contributed by atoms with van der Waals surface area (Å²) in [7, 11) is 0. The molecule has 0 unspecified atom stereocenters. The van der Waals surface area contributed by atoms with Crippen LogP contribution in [0.25, 0.3) is 0 Å². The van der Waals surface area contributed by atoms with Crippen molar-refractivity contribution < 1.29 is 4.79 Å². The summed E-state index contributed by atoms with van der Waals surface area (Å²) < 4.78 is 0. The molecule has 1 aromatic heterocycles. The summed E-state index contributed by atoms with van der Waals surface area (Å²) in [5.74, 6) is 0.347. The Kier molecular flexibility index (Phi) is 4.50. The van der Waals surface area contributed by atoms with E-state index in [2.05, 4.69) is 47.7 Å². The van der Waals surface area contributed by atoms with Crippen molar-refractivity contribution in [1.29, 1.82) is 0 Å². The van der Waals surface area contributed by atoms with E-state index in [-0.39, 0.29) is 11.5 Å². The van der Waals surface area contributed by atoms with Gasteiger partial charge in [-0.25, -0.2) is 0 Å². The van der Waals surface area contributed by atoms with E-state index in [0.29, 0.717) is 11.9 Å². The molecule has 5 nitrogen and oxygen atoms in total. The normalized spacial score (nSPS) is 25.3. The molecule has 0 radical (unpaired) electrons. The van der Waals surface area contributed by atoms with Gasteiger partial charge in [0.15, 0.2) is 0 Å². The van der Waals surface area contributed by atoms with Gasteiger partial charge >= 0.3 is 0 Å². The van der Waals surface area contributed by atoms with Crippen LogP contribution in [0.3, 0.4) is 0 Å². The molecule has 3 heterocycles. The molecule has 5 heteroatoms. The Bertz CT molecular complexity index is 557. The highest BCUT2D eigenvalue weighted by Crippen LogP contribution is 2.36. The van der Waals surface area contributed by atoms with Gasteiger partial charge in [-0.1, -0.05) is 6.92 Å². The Morgan fingerprint density at radius 3 is 2.61 bits per heavy atom. The first-order chi connectivity index (χ1) is 10.9. The Labute approximate surface area is 139 Å². The Morgan fingerprint density at radius 1 is 1.35 bits per heavy atom. The third-order valence-electron chi connectivity index (χ3n) is 5.85. The van der Waals surface area contributed by atoms with Gasteiger partial charge in [-0.3, -0.25) is 14.8 Å². The fourth-order valence-electron chi connectivity index (χ4n) is 4.31. The monoisotopic (exact) mass is 318 g/mol. The summed E-state index contributed by atoms with van der Waals surface area (Å²) >= 11 is 0. The number of carbonyl (C=O) groups is 1. The molecule has 23 heavy (non-hydrogen) atoms. The van der Waals surface area contributed by atoms with Crippen LogP contribution >= 0.6 is 0 Å². The van der Waals surface area contributed by atoms with Crippen molar-refractivity contribution in [3.05, 3.63) is 17.5 Å². The second-order valence-corrected chi connectivity index (χ2v) is 7.80. The number of piperidine rings is 1. The van der Waals surface area contributed by atoms with Crippen molar-refractivity contribution in [2.75, 3.05) is 19.6 Å². The number of likely N-dealkylation sites (tertiary alicyclic amines) is 2. The molecule has 128 valence electrons. The summed E-state index contributed by atoms with van der Waals surface area (Å²) in [6.07, 6.45) is 6.08. The summed E-state index contributed by atoms with van der Waals surface area (Å²) in [5, 5.41) is 7.35. The van der Waals surface area contributed by atoms with Gasteiger partial charge in [0.1, 0.15) is 0 Å².